The van der Waals surface area contributed by atoms with Crippen LogP contribution in [0.4, 0.5) is 0 Å². The Hall–Kier alpha value is -1.00. The maximum Gasteiger partial charge on any atom is 0.244 e. The van der Waals surface area contributed by atoms with E-state index in [0.717, 1.165) is 4.31 Å². The second-order valence-corrected chi connectivity index (χ2v) is 9.17. The molecule has 1 atom stereocenters. The van der Waals surface area contributed by atoms with Crippen LogP contribution in [-0.2, 0) is 20.0 Å². The summed E-state index contributed by atoms with van der Waals surface area (Å²) in [6, 6.07) is 5.42. The molecule has 2 N–H and O–H groups in total. The molecule has 0 spiro atoms. The maximum absolute atomic E-state index is 12.7. The molecule has 1 heterocycles. The number of hydrogen-bond donors (Lipinski definition) is 1. The third-order valence-electron chi connectivity index (χ3n) is 3.41. The molecule has 0 amide bonds. The Morgan fingerprint density at radius 2 is 1.71 bits per heavy atom. The number of sulfonamides is 2. The van der Waals surface area contributed by atoms with Crippen LogP contribution in [0.5, 0.6) is 0 Å². The summed E-state index contributed by atoms with van der Waals surface area (Å²) >= 11 is 0. The quantitative estimate of drug-likeness (QED) is 0.812. The number of nitrogens with zero attached hydrogens (tertiary/aromatic N) is 2. The Balaban J connectivity index is 2.56. The van der Waals surface area contributed by atoms with E-state index >= 15 is 0 Å². The van der Waals surface area contributed by atoms with Gasteiger partial charge in [-0.15, -0.1) is 0 Å². The highest BCUT2D eigenvalue weighted by Crippen LogP contribution is 2.27. The minimum Gasteiger partial charge on any atom is -0.326 e. The molecule has 7 nitrogen and oxygen atoms in total. The molecule has 1 aromatic carbocycles. The van der Waals surface area contributed by atoms with Crippen molar-refractivity contribution in [2.24, 2.45) is 5.73 Å². The van der Waals surface area contributed by atoms with Crippen molar-refractivity contribution >= 4 is 20.0 Å². The molecule has 0 aromatic heterocycles. The van der Waals surface area contributed by atoms with E-state index in [1.807, 2.05) is 0 Å². The van der Waals surface area contributed by atoms with E-state index in [4.69, 9.17) is 5.73 Å². The molecule has 1 aliphatic rings. The van der Waals surface area contributed by atoms with Gasteiger partial charge in [-0.1, -0.05) is 12.1 Å². The first kappa shape index (κ1) is 16.4. The predicted octanol–water partition coefficient (Wildman–Crippen LogP) is -0.341. The van der Waals surface area contributed by atoms with Crippen molar-refractivity contribution in [3.05, 3.63) is 24.3 Å². The molecule has 0 radical (unpaired) electrons. The second kappa shape index (κ2) is 5.65. The van der Waals surface area contributed by atoms with Gasteiger partial charge in [0.05, 0.1) is 0 Å². The van der Waals surface area contributed by atoms with Crippen molar-refractivity contribution < 1.29 is 16.8 Å². The fraction of sp³-hybridized carbons (Fsp3) is 0.500. The molecule has 21 heavy (non-hydrogen) atoms. The van der Waals surface area contributed by atoms with Gasteiger partial charge in [0.2, 0.25) is 20.0 Å². The van der Waals surface area contributed by atoms with Crippen LogP contribution >= 0.6 is 0 Å². The molecule has 0 bridgehead atoms. The van der Waals surface area contributed by atoms with Crippen molar-refractivity contribution in [2.45, 2.75) is 22.3 Å². The van der Waals surface area contributed by atoms with Crippen molar-refractivity contribution in [1.82, 2.24) is 8.61 Å². The summed E-state index contributed by atoms with van der Waals surface area (Å²) in [5.41, 5.74) is 5.74. The third-order valence-corrected chi connectivity index (χ3v) is 7.34. The molecule has 9 heteroatoms. The first-order valence-corrected chi connectivity index (χ1v) is 9.32. The fourth-order valence-corrected chi connectivity index (χ4v) is 5.37. The van der Waals surface area contributed by atoms with Gasteiger partial charge in [0.15, 0.2) is 0 Å². The highest BCUT2D eigenvalue weighted by atomic mass is 32.2. The molecule has 1 fully saturated rings. The normalized spacial score (nSPS) is 21.0. The lowest BCUT2D eigenvalue weighted by atomic mass is 10.3. The lowest BCUT2D eigenvalue weighted by Gasteiger charge is -2.20. The van der Waals surface area contributed by atoms with E-state index in [1.54, 1.807) is 0 Å². The van der Waals surface area contributed by atoms with Gasteiger partial charge in [-0.3, -0.25) is 0 Å². The van der Waals surface area contributed by atoms with Crippen LogP contribution in [0.1, 0.15) is 6.42 Å². The zero-order chi connectivity index (χ0) is 15.8. The molecule has 0 aliphatic carbocycles. The summed E-state index contributed by atoms with van der Waals surface area (Å²) in [7, 11) is -4.98. The lowest BCUT2D eigenvalue weighted by molar-refractivity contribution is 0.468. The van der Waals surface area contributed by atoms with E-state index in [0.29, 0.717) is 13.0 Å². The molecule has 1 aromatic rings. The Kier molecular flexibility index (Phi) is 4.41. The number of hydrogen-bond acceptors (Lipinski definition) is 5. The maximum atomic E-state index is 12.7. The molecule has 1 saturated heterocycles. The number of nitrogens with two attached hydrogens (primary N) is 1. The van der Waals surface area contributed by atoms with E-state index in [2.05, 4.69) is 0 Å². The Bertz CT molecular complexity index is 729. The summed E-state index contributed by atoms with van der Waals surface area (Å²) in [6.45, 7) is 0.512. The molecule has 2 rings (SSSR count). The summed E-state index contributed by atoms with van der Waals surface area (Å²) in [4.78, 5) is -0.414. The Labute approximate surface area is 125 Å². The summed E-state index contributed by atoms with van der Waals surface area (Å²) in [5, 5.41) is 0. The third kappa shape index (κ3) is 2.97. The Morgan fingerprint density at radius 1 is 1.14 bits per heavy atom. The van der Waals surface area contributed by atoms with E-state index in [9.17, 15) is 16.8 Å². The molecular formula is C12H19N3O4S2. The van der Waals surface area contributed by atoms with Gasteiger partial charge in [-0.25, -0.2) is 21.1 Å². The van der Waals surface area contributed by atoms with Crippen molar-refractivity contribution in [3.8, 4) is 0 Å². The van der Waals surface area contributed by atoms with Crippen LogP contribution in [0.15, 0.2) is 34.1 Å². The van der Waals surface area contributed by atoms with Crippen LogP contribution in [-0.4, -0.2) is 58.7 Å². The van der Waals surface area contributed by atoms with Crippen molar-refractivity contribution in [2.75, 3.05) is 27.2 Å². The smallest absolute Gasteiger partial charge is 0.244 e. The predicted molar refractivity (Wildman–Crippen MR) is 78.7 cm³/mol. The molecular weight excluding hydrogens is 314 g/mol. The van der Waals surface area contributed by atoms with Crippen LogP contribution in [0.25, 0.3) is 0 Å². The van der Waals surface area contributed by atoms with Crippen molar-refractivity contribution in [1.29, 1.82) is 0 Å². The number of rotatable bonds is 4. The average Bonchev–Trinajstić information content (AvgIpc) is 2.86. The molecule has 0 unspecified atom stereocenters. The van der Waals surface area contributed by atoms with E-state index in [1.165, 1.54) is 42.7 Å². The molecule has 0 saturated carbocycles. The monoisotopic (exact) mass is 333 g/mol. The number of benzene rings is 1. The summed E-state index contributed by atoms with van der Waals surface area (Å²) < 4.78 is 52.1. The van der Waals surface area contributed by atoms with Gasteiger partial charge in [0.25, 0.3) is 0 Å². The van der Waals surface area contributed by atoms with Crippen molar-refractivity contribution in [3.63, 3.8) is 0 Å². The fourth-order valence-electron chi connectivity index (χ4n) is 2.18. The van der Waals surface area contributed by atoms with E-state index in [-0.39, 0.29) is 22.4 Å². The zero-order valence-electron chi connectivity index (χ0n) is 11.9. The minimum atomic E-state index is -3.87. The molecule has 118 valence electrons. The van der Waals surface area contributed by atoms with Gasteiger partial charge in [-0.2, -0.15) is 4.31 Å². The first-order valence-electron chi connectivity index (χ1n) is 6.44. The zero-order valence-corrected chi connectivity index (χ0v) is 13.6. The van der Waals surface area contributed by atoms with E-state index < -0.39 is 20.0 Å². The SMILES string of the molecule is CN(C)S(=O)(=O)c1ccccc1S(=O)(=O)N1CC[C@@H](N)C1. The summed E-state index contributed by atoms with van der Waals surface area (Å²) in [5.74, 6) is 0. The topological polar surface area (TPSA) is 101 Å². The van der Waals surface area contributed by atoms with Gasteiger partial charge < -0.3 is 5.73 Å². The van der Waals surface area contributed by atoms with Crippen LogP contribution in [0, 0.1) is 0 Å². The second-order valence-electron chi connectivity index (χ2n) is 5.15. The average molecular weight is 333 g/mol. The van der Waals surface area contributed by atoms with Gasteiger partial charge in [0.1, 0.15) is 9.79 Å². The van der Waals surface area contributed by atoms with Crippen LogP contribution in [0.2, 0.25) is 0 Å². The molecule has 1 aliphatic heterocycles. The van der Waals surface area contributed by atoms with Crippen LogP contribution in [0.3, 0.4) is 0 Å². The van der Waals surface area contributed by atoms with Gasteiger partial charge in [0, 0.05) is 33.2 Å². The standard InChI is InChI=1S/C12H19N3O4S2/c1-14(2)20(16,17)11-5-3-4-6-12(11)21(18,19)15-8-7-10(13)9-15/h3-6,10H,7-9,13H2,1-2H3/t10-/m1/s1. The minimum absolute atomic E-state index is 0.201. The van der Waals surface area contributed by atoms with Gasteiger partial charge in [-0.05, 0) is 18.6 Å². The Morgan fingerprint density at radius 3 is 2.19 bits per heavy atom. The highest BCUT2D eigenvalue weighted by molar-refractivity contribution is 7.92. The first-order chi connectivity index (χ1) is 9.67. The lowest BCUT2D eigenvalue weighted by Crippen LogP contribution is -2.33. The van der Waals surface area contributed by atoms with Gasteiger partial charge >= 0.3 is 0 Å². The van der Waals surface area contributed by atoms with Crippen LogP contribution < -0.4 is 5.73 Å². The highest BCUT2D eigenvalue weighted by Gasteiger charge is 2.35. The summed E-state index contributed by atoms with van der Waals surface area (Å²) in [6.07, 6.45) is 0.571. The largest absolute Gasteiger partial charge is 0.326 e.